The van der Waals surface area contributed by atoms with Crippen molar-refractivity contribution in [2.75, 3.05) is 11.4 Å². The minimum Gasteiger partial charge on any atom is -0.338 e. The predicted molar refractivity (Wildman–Crippen MR) is 77.2 cm³/mol. The highest BCUT2D eigenvalue weighted by Crippen LogP contribution is 2.26. The zero-order chi connectivity index (χ0) is 13.9. The van der Waals surface area contributed by atoms with E-state index in [4.69, 9.17) is 11.6 Å². The van der Waals surface area contributed by atoms with Crippen molar-refractivity contribution < 1.29 is 0 Å². The van der Waals surface area contributed by atoms with Gasteiger partial charge < -0.3 is 4.90 Å². The Kier molecular flexibility index (Phi) is 3.82. The van der Waals surface area contributed by atoms with Crippen LogP contribution in [-0.2, 0) is 0 Å². The second-order valence-corrected chi connectivity index (χ2v) is 5.24. The Morgan fingerprint density at radius 1 is 1.30 bits per heavy atom. The Morgan fingerprint density at radius 2 is 2.10 bits per heavy atom. The van der Waals surface area contributed by atoms with Crippen molar-refractivity contribution in [3.8, 4) is 5.95 Å². The molecule has 2 heterocycles. The van der Waals surface area contributed by atoms with Gasteiger partial charge >= 0.3 is 0 Å². The molecule has 2 aromatic heterocycles. The van der Waals surface area contributed by atoms with Crippen molar-refractivity contribution in [2.24, 2.45) is 0 Å². The fourth-order valence-corrected chi connectivity index (χ4v) is 2.88. The first-order valence-electron chi connectivity index (χ1n) is 6.94. The summed E-state index contributed by atoms with van der Waals surface area (Å²) in [5.41, 5.74) is 0. The molecule has 0 unspecified atom stereocenters. The summed E-state index contributed by atoms with van der Waals surface area (Å²) in [6, 6.07) is 0.508. The van der Waals surface area contributed by atoms with Gasteiger partial charge in [-0.15, -0.1) is 0 Å². The number of halogens is 1. The fourth-order valence-electron chi connectivity index (χ4n) is 2.73. The smallest absolute Gasteiger partial charge is 0.241 e. The maximum Gasteiger partial charge on any atom is 0.241 e. The van der Waals surface area contributed by atoms with Gasteiger partial charge in [-0.05, 0) is 31.4 Å². The molecular formula is C13H17ClN6. The lowest BCUT2D eigenvalue weighted by Crippen LogP contribution is -2.34. The topological polar surface area (TPSA) is 59.7 Å². The van der Waals surface area contributed by atoms with Gasteiger partial charge in [0.2, 0.25) is 17.2 Å². The van der Waals surface area contributed by atoms with E-state index in [-0.39, 0.29) is 5.28 Å². The summed E-state index contributed by atoms with van der Waals surface area (Å²) >= 11 is 6.05. The molecule has 3 rings (SSSR count). The van der Waals surface area contributed by atoms with Gasteiger partial charge in [0.15, 0.2) is 0 Å². The van der Waals surface area contributed by atoms with Gasteiger partial charge in [-0.2, -0.15) is 15.0 Å². The normalized spacial score (nSPS) is 15.7. The van der Waals surface area contributed by atoms with Crippen molar-refractivity contribution in [3.63, 3.8) is 0 Å². The summed E-state index contributed by atoms with van der Waals surface area (Å²) in [6.07, 6.45) is 10.1. The number of nitrogens with zero attached hydrogens (tertiary/aromatic N) is 6. The third-order valence-corrected chi connectivity index (χ3v) is 3.85. The van der Waals surface area contributed by atoms with Crippen molar-refractivity contribution in [3.05, 3.63) is 24.0 Å². The molecule has 0 spiro atoms. The van der Waals surface area contributed by atoms with E-state index in [0.717, 1.165) is 6.54 Å². The van der Waals surface area contributed by atoms with E-state index in [1.165, 1.54) is 25.7 Å². The molecule has 1 aliphatic rings. The minimum absolute atomic E-state index is 0.218. The number of hydrogen-bond donors (Lipinski definition) is 0. The van der Waals surface area contributed by atoms with E-state index < -0.39 is 0 Å². The number of hydrogen-bond acceptors (Lipinski definition) is 5. The Hall–Kier alpha value is -1.69. The highest BCUT2D eigenvalue weighted by molar-refractivity contribution is 6.28. The van der Waals surface area contributed by atoms with E-state index in [9.17, 15) is 0 Å². The quantitative estimate of drug-likeness (QED) is 0.866. The van der Waals surface area contributed by atoms with Crippen LogP contribution in [0.1, 0.15) is 32.6 Å². The molecule has 0 amide bonds. The molecule has 1 aliphatic carbocycles. The van der Waals surface area contributed by atoms with E-state index >= 15 is 0 Å². The Balaban J connectivity index is 1.95. The Bertz CT molecular complexity index is 564. The van der Waals surface area contributed by atoms with Crippen LogP contribution in [0.15, 0.2) is 18.7 Å². The van der Waals surface area contributed by atoms with Crippen LogP contribution in [0.4, 0.5) is 5.95 Å². The van der Waals surface area contributed by atoms with Gasteiger partial charge in [0.25, 0.3) is 0 Å². The molecule has 0 aromatic carbocycles. The summed E-state index contributed by atoms with van der Waals surface area (Å²) in [6.45, 7) is 2.99. The van der Waals surface area contributed by atoms with E-state index in [2.05, 4.69) is 31.8 Å². The molecule has 2 aromatic rings. The first kappa shape index (κ1) is 13.3. The van der Waals surface area contributed by atoms with Crippen LogP contribution in [0.3, 0.4) is 0 Å². The van der Waals surface area contributed by atoms with Crippen molar-refractivity contribution >= 4 is 17.5 Å². The third-order valence-electron chi connectivity index (χ3n) is 3.68. The summed E-state index contributed by atoms with van der Waals surface area (Å²) in [7, 11) is 0. The SMILES string of the molecule is CCN(c1nc(Cl)nc(-n2ccnc2)n1)C1CCCC1. The number of anilines is 1. The van der Waals surface area contributed by atoms with Crippen LogP contribution in [0.2, 0.25) is 5.28 Å². The van der Waals surface area contributed by atoms with Crippen LogP contribution in [-0.4, -0.2) is 37.1 Å². The average molecular weight is 293 g/mol. The molecule has 0 aliphatic heterocycles. The monoisotopic (exact) mass is 292 g/mol. The second-order valence-electron chi connectivity index (χ2n) is 4.90. The van der Waals surface area contributed by atoms with Crippen molar-refractivity contribution in [1.29, 1.82) is 0 Å². The van der Waals surface area contributed by atoms with Crippen LogP contribution < -0.4 is 4.90 Å². The lowest BCUT2D eigenvalue weighted by atomic mass is 10.2. The van der Waals surface area contributed by atoms with Gasteiger partial charge in [-0.25, -0.2) is 4.98 Å². The van der Waals surface area contributed by atoms with E-state index in [1.807, 2.05) is 0 Å². The minimum atomic E-state index is 0.218. The zero-order valence-corrected chi connectivity index (χ0v) is 12.2. The lowest BCUT2D eigenvalue weighted by molar-refractivity contribution is 0.602. The van der Waals surface area contributed by atoms with Crippen LogP contribution in [0.5, 0.6) is 0 Å². The van der Waals surface area contributed by atoms with E-state index in [0.29, 0.717) is 17.9 Å². The maximum atomic E-state index is 6.05. The molecule has 6 nitrogen and oxygen atoms in total. The number of aromatic nitrogens is 5. The fraction of sp³-hybridized carbons (Fsp3) is 0.538. The zero-order valence-electron chi connectivity index (χ0n) is 11.4. The maximum absolute atomic E-state index is 6.05. The third kappa shape index (κ3) is 2.60. The standard InChI is InChI=1S/C13H17ClN6/c1-2-20(10-5-3-4-6-10)13-17-11(14)16-12(18-13)19-8-7-15-9-19/h7-10H,2-6H2,1H3. The Morgan fingerprint density at radius 3 is 2.75 bits per heavy atom. The molecule has 1 fully saturated rings. The number of rotatable bonds is 4. The molecule has 0 radical (unpaired) electrons. The van der Waals surface area contributed by atoms with Crippen LogP contribution in [0, 0.1) is 0 Å². The van der Waals surface area contributed by atoms with Crippen molar-refractivity contribution in [2.45, 2.75) is 38.6 Å². The predicted octanol–water partition coefficient (Wildman–Crippen LogP) is 2.48. The molecule has 0 saturated heterocycles. The molecule has 20 heavy (non-hydrogen) atoms. The van der Waals surface area contributed by atoms with E-state index in [1.54, 1.807) is 23.3 Å². The Labute approximate surface area is 122 Å². The van der Waals surface area contributed by atoms with Gasteiger partial charge in [0, 0.05) is 25.0 Å². The summed E-state index contributed by atoms with van der Waals surface area (Å²) in [4.78, 5) is 19.2. The lowest BCUT2D eigenvalue weighted by Gasteiger charge is -2.27. The summed E-state index contributed by atoms with van der Waals surface area (Å²) < 4.78 is 1.74. The summed E-state index contributed by atoms with van der Waals surface area (Å²) in [5.74, 6) is 1.16. The summed E-state index contributed by atoms with van der Waals surface area (Å²) in [5, 5.41) is 0.218. The van der Waals surface area contributed by atoms with Crippen LogP contribution in [0.25, 0.3) is 5.95 Å². The molecule has 106 valence electrons. The molecule has 0 atom stereocenters. The first-order valence-corrected chi connectivity index (χ1v) is 7.32. The van der Waals surface area contributed by atoms with Gasteiger partial charge in [0.05, 0.1) is 0 Å². The molecule has 7 heteroatoms. The largest absolute Gasteiger partial charge is 0.338 e. The number of imidazole rings is 1. The first-order chi connectivity index (χ1) is 9.78. The molecular weight excluding hydrogens is 276 g/mol. The highest BCUT2D eigenvalue weighted by atomic mass is 35.5. The average Bonchev–Trinajstić information content (AvgIpc) is 3.12. The highest BCUT2D eigenvalue weighted by Gasteiger charge is 2.24. The van der Waals surface area contributed by atoms with Crippen molar-refractivity contribution in [1.82, 2.24) is 24.5 Å². The van der Waals surface area contributed by atoms with Gasteiger partial charge in [0.1, 0.15) is 6.33 Å². The molecule has 0 N–H and O–H groups in total. The van der Waals surface area contributed by atoms with Gasteiger partial charge in [-0.3, -0.25) is 4.57 Å². The second kappa shape index (κ2) is 5.75. The van der Waals surface area contributed by atoms with Gasteiger partial charge in [-0.1, -0.05) is 12.8 Å². The molecule has 1 saturated carbocycles. The molecule has 0 bridgehead atoms. The van der Waals surface area contributed by atoms with Crippen LogP contribution >= 0.6 is 11.6 Å².